The first-order chi connectivity index (χ1) is 38.3. The second-order valence-corrected chi connectivity index (χ2v) is 21.7. The van der Waals surface area contributed by atoms with Crippen molar-refractivity contribution in [2.45, 2.75) is 66.2 Å². The Morgan fingerprint density at radius 1 is 0.333 bits per heavy atom. The Labute approximate surface area is 455 Å². The summed E-state index contributed by atoms with van der Waals surface area (Å²) in [5.74, 6) is 0.412. The Bertz CT molecular complexity index is 4300. The van der Waals surface area contributed by atoms with Crippen molar-refractivity contribution in [3.05, 3.63) is 241 Å². The molecule has 378 valence electrons. The molecule has 0 radical (unpaired) electrons. The molecule has 14 aromatic rings. The van der Waals surface area contributed by atoms with Crippen molar-refractivity contribution in [3.8, 4) is 22.3 Å². The van der Waals surface area contributed by atoms with Gasteiger partial charge in [0.05, 0.1) is 22.7 Å². The van der Waals surface area contributed by atoms with Gasteiger partial charge in [0.15, 0.2) is 11.2 Å². The third-order valence-corrected chi connectivity index (χ3v) is 16.5. The number of aryl methyl sites for hydroxylation is 2. The summed E-state index contributed by atoms with van der Waals surface area (Å²) < 4.78 is 14.2. The Morgan fingerprint density at radius 2 is 0.705 bits per heavy atom. The smallest absolute Gasteiger partial charge is 0.159 e. The molecule has 14 rings (SSSR count). The molecule has 0 bridgehead atoms. The summed E-state index contributed by atoms with van der Waals surface area (Å²) in [6, 6.07) is 80.4. The Kier molecular flexibility index (Phi) is 11.4. The lowest BCUT2D eigenvalue weighted by atomic mass is 9.83. The molecule has 4 heteroatoms. The number of hydrogen-bond donors (Lipinski definition) is 0. The van der Waals surface area contributed by atoms with Crippen LogP contribution in [0.15, 0.2) is 227 Å². The highest BCUT2D eigenvalue weighted by Crippen LogP contribution is 2.54. The molecule has 12 aromatic carbocycles. The summed E-state index contributed by atoms with van der Waals surface area (Å²) in [6.07, 6.45) is 1.64. The fourth-order valence-corrected chi connectivity index (χ4v) is 12.7. The second kappa shape index (κ2) is 18.9. The molecule has 78 heavy (non-hydrogen) atoms. The lowest BCUT2D eigenvalue weighted by Crippen LogP contribution is -2.15. The number of benzene rings is 12. The molecule has 0 aliphatic rings. The van der Waals surface area contributed by atoms with Gasteiger partial charge < -0.3 is 18.6 Å². The monoisotopic (exact) mass is 1010 g/mol. The van der Waals surface area contributed by atoms with E-state index in [0.29, 0.717) is 0 Å². The van der Waals surface area contributed by atoms with Crippen LogP contribution in [0, 0.1) is 0 Å². The van der Waals surface area contributed by atoms with E-state index in [1.54, 1.807) is 0 Å². The van der Waals surface area contributed by atoms with Gasteiger partial charge in [-0.05, 0) is 139 Å². The number of hydrogen-bond acceptors (Lipinski definition) is 4. The summed E-state index contributed by atoms with van der Waals surface area (Å²) in [5.41, 5.74) is 19.8. The molecule has 0 fully saturated rings. The third-order valence-electron chi connectivity index (χ3n) is 16.5. The lowest BCUT2D eigenvalue weighted by molar-refractivity contribution is 0.668. The first kappa shape index (κ1) is 47.3. The summed E-state index contributed by atoms with van der Waals surface area (Å²) in [6.45, 7) is 13.9. The number of furan rings is 2. The van der Waals surface area contributed by atoms with E-state index in [4.69, 9.17) is 8.83 Å². The maximum atomic E-state index is 7.09. The molecule has 0 atom stereocenters. The standard InChI is InChI=1S/C74H60N2O2/c1-7-47-33-35-59-55-29-15-17-31-67(55)77-73(59)71(47)75(53-27-19-25-51(41-53)49-21-11-9-12-22-49)65-43-63(45(3)4)57-38-40-62-66(44-64(46(5)6)58-37-39-61(65)69(57)70(58)62)76(54-28-20-26-52(42-54)50-23-13-10-14-24-50)72-48(8-2)34-36-60-56-30-16-18-32-68(56)78-74(60)72/h9-46H,7-8H2,1-6H3. The van der Waals surface area contributed by atoms with Crippen LogP contribution in [0.2, 0.25) is 0 Å². The third kappa shape index (κ3) is 7.49. The SMILES string of the molecule is CCc1ccc2c(oc3ccccc32)c1N(c1cccc(-c2ccccc2)c1)c1cc(C(C)C)c2ccc3c(N(c4cccc(-c5ccccc5)c4)c4c(CC)ccc5c4oc4ccccc45)cc(C(C)C)c4ccc1c2c43. The minimum absolute atomic E-state index is 0.206. The van der Waals surface area contributed by atoms with Crippen LogP contribution < -0.4 is 9.80 Å². The number of anilines is 6. The fourth-order valence-electron chi connectivity index (χ4n) is 12.7. The van der Waals surface area contributed by atoms with E-state index in [9.17, 15) is 0 Å². The van der Waals surface area contributed by atoms with Crippen LogP contribution in [0.5, 0.6) is 0 Å². The van der Waals surface area contributed by atoms with Gasteiger partial charge in [-0.15, -0.1) is 0 Å². The van der Waals surface area contributed by atoms with Crippen LogP contribution in [0.1, 0.15) is 75.6 Å². The average Bonchev–Trinajstić information content (AvgIpc) is 4.13. The Balaban J connectivity index is 1.12. The number of rotatable bonds is 12. The molecule has 0 saturated heterocycles. The van der Waals surface area contributed by atoms with Gasteiger partial charge in [0.2, 0.25) is 0 Å². The molecule has 0 spiro atoms. The maximum absolute atomic E-state index is 7.09. The van der Waals surface area contributed by atoms with E-state index in [0.717, 1.165) is 102 Å². The van der Waals surface area contributed by atoms with Gasteiger partial charge >= 0.3 is 0 Å². The van der Waals surface area contributed by atoms with Crippen LogP contribution in [-0.4, -0.2) is 0 Å². The van der Waals surface area contributed by atoms with Crippen molar-refractivity contribution in [2.75, 3.05) is 9.80 Å². The zero-order chi connectivity index (χ0) is 52.8. The van der Waals surface area contributed by atoms with E-state index in [1.807, 2.05) is 0 Å². The van der Waals surface area contributed by atoms with Crippen LogP contribution in [-0.2, 0) is 12.8 Å². The first-order valence-corrected chi connectivity index (χ1v) is 27.8. The number of fused-ring (bicyclic) bond motifs is 6. The number of nitrogens with zero attached hydrogens (tertiary/aromatic N) is 2. The van der Waals surface area contributed by atoms with Gasteiger partial charge in [0.1, 0.15) is 11.2 Å². The second-order valence-electron chi connectivity index (χ2n) is 21.7. The van der Waals surface area contributed by atoms with Gasteiger partial charge in [-0.1, -0.05) is 211 Å². The van der Waals surface area contributed by atoms with Crippen LogP contribution in [0.25, 0.3) is 98.4 Å². The van der Waals surface area contributed by atoms with Crippen LogP contribution in [0.3, 0.4) is 0 Å². The molecule has 0 aliphatic carbocycles. The molecule has 0 amide bonds. The molecule has 0 saturated carbocycles. The highest BCUT2D eigenvalue weighted by Gasteiger charge is 2.30. The van der Waals surface area contributed by atoms with Crippen molar-refractivity contribution in [2.24, 2.45) is 0 Å². The summed E-state index contributed by atoms with van der Waals surface area (Å²) >= 11 is 0. The predicted molar refractivity (Wildman–Crippen MR) is 332 cm³/mol. The van der Waals surface area contributed by atoms with E-state index in [2.05, 4.69) is 270 Å². The quantitative estimate of drug-likeness (QED) is 0.114. The zero-order valence-corrected chi connectivity index (χ0v) is 45.1. The molecule has 0 unspecified atom stereocenters. The predicted octanol–water partition coefficient (Wildman–Crippen LogP) is 22.0. The largest absolute Gasteiger partial charge is 0.454 e. The van der Waals surface area contributed by atoms with Gasteiger partial charge in [0.25, 0.3) is 0 Å². The lowest BCUT2D eigenvalue weighted by Gasteiger charge is -2.33. The molecule has 4 nitrogen and oxygen atoms in total. The van der Waals surface area contributed by atoms with Gasteiger partial charge in [-0.3, -0.25) is 0 Å². The van der Waals surface area contributed by atoms with Crippen molar-refractivity contribution in [1.29, 1.82) is 0 Å². The van der Waals surface area contributed by atoms with Crippen molar-refractivity contribution in [1.82, 2.24) is 0 Å². The van der Waals surface area contributed by atoms with E-state index in [-0.39, 0.29) is 11.8 Å². The highest BCUT2D eigenvalue weighted by atomic mass is 16.3. The normalized spacial score (nSPS) is 12.1. The Hall–Kier alpha value is -9.12. The zero-order valence-electron chi connectivity index (χ0n) is 45.1. The van der Waals surface area contributed by atoms with E-state index >= 15 is 0 Å². The highest BCUT2D eigenvalue weighted by molar-refractivity contribution is 6.30. The topological polar surface area (TPSA) is 32.8 Å². The molecular weight excluding hydrogens is 949 g/mol. The van der Waals surface area contributed by atoms with E-state index < -0.39 is 0 Å². The molecular formula is C74H60N2O2. The van der Waals surface area contributed by atoms with E-state index in [1.165, 1.54) is 65.7 Å². The van der Waals surface area contributed by atoms with Crippen molar-refractivity contribution in [3.63, 3.8) is 0 Å². The van der Waals surface area contributed by atoms with Crippen LogP contribution >= 0.6 is 0 Å². The summed E-state index contributed by atoms with van der Waals surface area (Å²) in [5, 5.41) is 11.9. The summed E-state index contributed by atoms with van der Waals surface area (Å²) in [4.78, 5) is 5.07. The van der Waals surface area contributed by atoms with Gasteiger partial charge in [-0.25, -0.2) is 0 Å². The molecule has 2 aromatic heterocycles. The van der Waals surface area contributed by atoms with Gasteiger partial charge in [0, 0.05) is 43.7 Å². The molecule has 0 N–H and O–H groups in total. The fraction of sp³-hybridized carbons (Fsp3) is 0.135. The van der Waals surface area contributed by atoms with Crippen molar-refractivity contribution < 1.29 is 8.83 Å². The first-order valence-electron chi connectivity index (χ1n) is 27.8. The Morgan fingerprint density at radius 3 is 1.12 bits per heavy atom. The van der Waals surface area contributed by atoms with Crippen molar-refractivity contribution >= 4 is 110 Å². The summed E-state index contributed by atoms with van der Waals surface area (Å²) in [7, 11) is 0. The maximum Gasteiger partial charge on any atom is 0.159 e. The number of para-hydroxylation sites is 2. The minimum Gasteiger partial charge on any atom is -0.454 e. The van der Waals surface area contributed by atoms with Crippen LogP contribution in [0.4, 0.5) is 34.1 Å². The minimum atomic E-state index is 0.206. The van der Waals surface area contributed by atoms with Gasteiger partial charge in [-0.2, -0.15) is 0 Å². The molecule has 0 aliphatic heterocycles. The average molecular weight is 1010 g/mol. The molecule has 2 heterocycles.